The van der Waals surface area contributed by atoms with Crippen LogP contribution in [0.3, 0.4) is 0 Å². The Hall–Kier alpha value is -1.32. The van der Waals surface area contributed by atoms with E-state index in [-0.39, 0.29) is 12.4 Å². The number of aromatic nitrogens is 1. The molecule has 2 aromatic rings. The van der Waals surface area contributed by atoms with Gasteiger partial charge in [-0.2, -0.15) is 0 Å². The monoisotopic (exact) mass is 249 g/mol. The van der Waals surface area contributed by atoms with Crippen LogP contribution in [0.2, 0.25) is 0 Å². The molecular weight excluding hydrogens is 234 g/mol. The number of nitrogens with two attached hydrogens (primary N) is 1. The van der Waals surface area contributed by atoms with Gasteiger partial charge in [-0.1, -0.05) is 18.2 Å². The van der Waals surface area contributed by atoms with Gasteiger partial charge in [0.1, 0.15) is 0 Å². The molecule has 0 bridgehead atoms. The Balaban J connectivity index is 0.00000108. The Kier molecular flexibility index (Phi) is 3.50. The van der Waals surface area contributed by atoms with Crippen LogP contribution in [0.4, 0.5) is 5.69 Å². The number of nitrogen functional groups attached to an aromatic ring is 1. The van der Waals surface area contributed by atoms with Crippen molar-refractivity contribution < 1.29 is 0 Å². The highest BCUT2D eigenvalue weighted by Crippen LogP contribution is 2.32. The lowest BCUT2D eigenvalue weighted by atomic mass is 9.93. The second-order valence-corrected chi connectivity index (χ2v) is 4.28. The third kappa shape index (κ3) is 1.96. The van der Waals surface area contributed by atoms with Crippen molar-refractivity contribution in [3.63, 3.8) is 0 Å². The number of hydrogen-bond acceptors (Lipinski definition) is 3. The van der Waals surface area contributed by atoms with E-state index < -0.39 is 0 Å². The zero-order chi connectivity index (χ0) is 11.0. The maximum absolute atomic E-state index is 5.66. The molecule has 4 heteroatoms. The quantitative estimate of drug-likeness (QED) is 0.604. The van der Waals surface area contributed by atoms with Gasteiger partial charge in [0.2, 0.25) is 0 Å². The number of nitrogens with one attached hydrogen (secondary N) is 1. The summed E-state index contributed by atoms with van der Waals surface area (Å²) in [5.74, 6) is 5.66. The number of hydrogen-bond donors (Lipinski definition) is 2. The van der Waals surface area contributed by atoms with Crippen molar-refractivity contribution in [2.24, 2.45) is 5.84 Å². The van der Waals surface area contributed by atoms with Gasteiger partial charge >= 0.3 is 0 Å². The first-order valence-electron chi connectivity index (χ1n) is 5.77. The fraction of sp³-hybridized carbons (Fsp3) is 0.308. The molecule has 3 nitrogen and oxygen atoms in total. The molecule has 90 valence electrons. The fourth-order valence-corrected chi connectivity index (χ4v) is 2.54. The maximum atomic E-state index is 5.66. The maximum Gasteiger partial charge on any atom is 0.0726 e. The third-order valence-electron chi connectivity index (χ3n) is 3.31. The second-order valence-electron chi connectivity index (χ2n) is 4.28. The largest absolute Gasteiger partial charge is 0.323 e. The molecule has 1 aromatic carbocycles. The van der Waals surface area contributed by atoms with E-state index in [9.17, 15) is 0 Å². The standard InChI is InChI=1S/C13H15N3.ClH/c14-16-13-9-5-1-3-7-11(9)15-12-8-4-2-6-10(12)13;/h1,3,5,7H,2,4,6,8,14H2,(H,15,16);1H. The summed E-state index contributed by atoms with van der Waals surface area (Å²) in [6.07, 6.45) is 4.64. The fourth-order valence-electron chi connectivity index (χ4n) is 2.54. The van der Waals surface area contributed by atoms with Crippen molar-refractivity contribution in [2.45, 2.75) is 25.7 Å². The van der Waals surface area contributed by atoms with E-state index in [1.165, 1.54) is 24.1 Å². The number of benzene rings is 1. The van der Waals surface area contributed by atoms with Gasteiger partial charge < -0.3 is 5.43 Å². The van der Waals surface area contributed by atoms with E-state index in [1.54, 1.807) is 0 Å². The Morgan fingerprint density at radius 3 is 2.71 bits per heavy atom. The zero-order valence-corrected chi connectivity index (χ0v) is 10.4. The Morgan fingerprint density at radius 1 is 1.12 bits per heavy atom. The average Bonchev–Trinajstić information content (AvgIpc) is 2.36. The normalized spacial score (nSPS) is 13.9. The van der Waals surface area contributed by atoms with Crippen molar-refractivity contribution in [2.75, 3.05) is 5.43 Å². The van der Waals surface area contributed by atoms with Gasteiger partial charge in [0.05, 0.1) is 11.2 Å². The molecule has 17 heavy (non-hydrogen) atoms. The molecule has 0 atom stereocenters. The number of aryl methyl sites for hydroxylation is 1. The summed E-state index contributed by atoms with van der Waals surface area (Å²) in [4.78, 5) is 4.73. The molecule has 0 amide bonds. The number of halogens is 1. The lowest BCUT2D eigenvalue weighted by Crippen LogP contribution is -2.15. The van der Waals surface area contributed by atoms with Gasteiger partial charge in [-0.3, -0.25) is 10.8 Å². The van der Waals surface area contributed by atoms with Crippen molar-refractivity contribution >= 4 is 29.0 Å². The molecule has 0 saturated heterocycles. The van der Waals surface area contributed by atoms with E-state index in [2.05, 4.69) is 11.5 Å². The predicted octanol–water partition coefficient (Wildman–Crippen LogP) is 2.82. The summed E-state index contributed by atoms with van der Waals surface area (Å²) in [6.45, 7) is 0. The van der Waals surface area contributed by atoms with Crippen LogP contribution in [0.1, 0.15) is 24.1 Å². The number of rotatable bonds is 1. The van der Waals surface area contributed by atoms with Gasteiger partial charge in [0, 0.05) is 11.1 Å². The van der Waals surface area contributed by atoms with E-state index >= 15 is 0 Å². The molecule has 0 saturated carbocycles. The Labute approximate surface area is 107 Å². The van der Waals surface area contributed by atoms with Crippen molar-refractivity contribution in [1.82, 2.24) is 4.98 Å². The summed E-state index contributed by atoms with van der Waals surface area (Å²) < 4.78 is 0. The van der Waals surface area contributed by atoms with Crippen LogP contribution in [0.5, 0.6) is 0 Å². The summed E-state index contributed by atoms with van der Waals surface area (Å²) in [6, 6.07) is 8.17. The highest BCUT2D eigenvalue weighted by atomic mass is 35.5. The molecule has 0 fully saturated rings. The number of para-hydroxylation sites is 1. The lowest BCUT2D eigenvalue weighted by Gasteiger charge is -2.20. The first-order chi connectivity index (χ1) is 7.90. The average molecular weight is 250 g/mol. The minimum atomic E-state index is 0. The molecule has 1 heterocycles. The van der Waals surface area contributed by atoms with E-state index in [4.69, 9.17) is 10.8 Å². The summed E-state index contributed by atoms with van der Waals surface area (Å²) in [7, 11) is 0. The number of hydrazine groups is 1. The van der Waals surface area contributed by atoms with E-state index in [0.29, 0.717) is 0 Å². The SMILES string of the molecule is Cl.NNc1c2c(nc3ccccc13)CCCC2. The van der Waals surface area contributed by atoms with Gasteiger partial charge in [0.25, 0.3) is 0 Å². The van der Waals surface area contributed by atoms with E-state index in [0.717, 1.165) is 29.4 Å². The molecule has 1 aliphatic carbocycles. The van der Waals surface area contributed by atoms with Crippen LogP contribution in [0.15, 0.2) is 24.3 Å². The number of nitrogens with zero attached hydrogens (tertiary/aromatic N) is 1. The van der Waals surface area contributed by atoms with E-state index in [1.807, 2.05) is 18.2 Å². The topological polar surface area (TPSA) is 50.9 Å². The molecule has 3 N–H and O–H groups in total. The van der Waals surface area contributed by atoms with Gasteiger partial charge in [-0.15, -0.1) is 12.4 Å². The van der Waals surface area contributed by atoms with Crippen LogP contribution < -0.4 is 11.3 Å². The highest BCUT2D eigenvalue weighted by Gasteiger charge is 2.16. The Bertz CT molecular complexity index is 539. The Morgan fingerprint density at radius 2 is 1.88 bits per heavy atom. The molecule has 0 aliphatic heterocycles. The lowest BCUT2D eigenvalue weighted by molar-refractivity contribution is 0.672. The van der Waals surface area contributed by atoms with Crippen LogP contribution >= 0.6 is 12.4 Å². The molecule has 1 aliphatic rings. The van der Waals surface area contributed by atoms with Gasteiger partial charge in [-0.05, 0) is 37.3 Å². The van der Waals surface area contributed by atoms with Crippen LogP contribution in [0.25, 0.3) is 10.9 Å². The number of anilines is 1. The first kappa shape index (κ1) is 12.1. The molecule has 3 rings (SSSR count). The minimum absolute atomic E-state index is 0. The van der Waals surface area contributed by atoms with Crippen molar-refractivity contribution in [1.29, 1.82) is 0 Å². The summed E-state index contributed by atoms with van der Waals surface area (Å²) in [5.41, 5.74) is 7.50. The van der Waals surface area contributed by atoms with Crippen LogP contribution in [-0.4, -0.2) is 4.98 Å². The highest BCUT2D eigenvalue weighted by molar-refractivity contribution is 5.93. The second kappa shape index (κ2) is 4.90. The smallest absolute Gasteiger partial charge is 0.0726 e. The molecular formula is C13H16ClN3. The first-order valence-corrected chi connectivity index (χ1v) is 5.77. The summed E-state index contributed by atoms with van der Waals surface area (Å²) >= 11 is 0. The molecule has 0 spiro atoms. The van der Waals surface area contributed by atoms with Crippen molar-refractivity contribution in [3.05, 3.63) is 35.5 Å². The van der Waals surface area contributed by atoms with Crippen molar-refractivity contribution in [3.8, 4) is 0 Å². The number of fused-ring (bicyclic) bond motifs is 2. The summed E-state index contributed by atoms with van der Waals surface area (Å²) in [5, 5.41) is 1.13. The van der Waals surface area contributed by atoms with Gasteiger partial charge in [-0.25, -0.2) is 0 Å². The molecule has 1 aromatic heterocycles. The molecule has 0 radical (unpaired) electrons. The zero-order valence-electron chi connectivity index (χ0n) is 9.57. The molecule has 0 unspecified atom stereocenters. The van der Waals surface area contributed by atoms with Crippen LogP contribution in [0, 0.1) is 0 Å². The third-order valence-corrected chi connectivity index (χ3v) is 3.31. The predicted molar refractivity (Wildman–Crippen MR) is 73.4 cm³/mol. The minimum Gasteiger partial charge on any atom is -0.323 e. The van der Waals surface area contributed by atoms with Gasteiger partial charge in [0.15, 0.2) is 0 Å². The number of pyridine rings is 1. The van der Waals surface area contributed by atoms with Crippen LogP contribution in [-0.2, 0) is 12.8 Å².